The Labute approximate surface area is 116 Å². The van der Waals surface area contributed by atoms with Gasteiger partial charge in [0.15, 0.2) is 0 Å². The normalized spacial score (nSPS) is 12.2. The van der Waals surface area contributed by atoms with E-state index in [1.54, 1.807) is 25.3 Å². The molecule has 0 aliphatic carbocycles. The van der Waals surface area contributed by atoms with E-state index in [1.807, 2.05) is 6.07 Å². The van der Waals surface area contributed by atoms with Crippen molar-refractivity contribution in [1.29, 1.82) is 0 Å². The van der Waals surface area contributed by atoms with Gasteiger partial charge in [0.05, 0.1) is 13.2 Å². The highest BCUT2D eigenvalue weighted by Crippen LogP contribution is 2.25. The first-order valence-electron chi connectivity index (χ1n) is 6.28. The van der Waals surface area contributed by atoms with Crippen molar-refractivity contribution in [2.24, 2.45) is 0 Å². The molecule has 0 bridgehead atoms. The monoisotopic (exact) mass is 278 g/mol. The summed E-state index contributed by atoms with van der Waals surface area (Å²) in [4.78, 5) is 0. The van der Waals surface area contributed by atoms with E-state index in [2.05, 4.69) is 0 Å². The lowest BCUT2D eigenvalue weighted by Crippen LogP contribution is -2.06. The summed E-state index contributed by atoms with van der Waals surface area (Å²) in [5, 5.41) is 10.1. The Bertz CT molecular complexity index is 611. The van der Waals surface area contributed by atoms with Crippen molar-refractivity contribution in [2.75, 3.05) is 7.11 Å². The van der Waals surface area contributed by atoms with Gasteiger partial charge < -0.3 is 9.84 Å². The fourth-order valence-electron chi connectivity index (χ4n) is 2.07. The molecule has 106 valence electrons. The van der Waals surface area contributed by atoms with Gasteiger partial charge in [-0.15, -0.1) is 0 Å². The van der Waals surface area contributed by atoms with Crippen LogP contribution in [-0.4, -0.2) is 12.2 Å². The van der Waals surface area contributed by atoms with E-state index in [1.165, 1.54) is 13.0 Å². The maximum Gasteiger partial charge on any atom is 0.131 e. The fraction of sp³-hybridized carbons (Fsp3) is 0.250. The number of aryl methyl sites for hydroxylation is 1. The van der Waals surface area contributed by atoms with Crippen LogP contribution in [0.1, 0.15) is 22.8 Å². The molecule has 2 aromatic rings. The van der Waals surface area contributed by atoms with Crippen LogP contribution < -0.4 is 4.74 Å². The van der Waals surface area contributed by atoms with Gasteiger partial charge in [-0.1, -0.05) is 12.1 Å². The molecule has 20 heavy (non-hydrogen) atoms. The summed E-state index contributed by atoms with van der Waals surface area (Å²) in [7, 11) is 1.55. The Kier molecular flexibility index (Phi) is 4.35. The third-order valence-electron chi connectivity index (χ3n) is 3.20. The van der Waals surface area contributed by atoms with E-state index in [-0.39, 0.29) is 12.0 Å². The van der Waals surface area contributed by atoms with Crippen molar-refractivity contribution in [3.8, 4) is 5.75 Å². The minimum Gasteiger partial charge on any atom is -0.497 e. The summed E-state index contributed by atoms with van der Waals surface area (Å²) >= 11 is 0. The molecule has 0 aromatic heterocycles. The van der Waals surface area contributed by atoms with Crippen molar-refractivity contribution < 1.29 is 18.6 Å². The standard InChI is InChI=1S/C16H16F2O2/c1-10-6-13(15(18)9-14(10)17)16(19)8-11-4-3-5-12(7-11)20-2/h3-7,9,16,19H,8H2,1-2H3. The van der Waals surface area contributed by atoms with Crippen LogP contribution in [0.15, 0.2) is 36.4 Å². The quantitative estimate of drug-likeness (QED) is 0.926. The van der Waals surface area contributed by atoms with Crippen LogP contribution in [0.3, 0.4) is 0 Å². The van der Waals surface area contributed by atoms with E-state index in [4.69, 9.17) is 4.74 Å². The van der Waals surface area contributed by atoms with Crippen LogP contribution >= 0.6 is 0 Å². The molecule has 0 saturated heterocycles. The molecule has 4 heteroatoms. The van der Waals surface area contributed by atoms with Crippen LogP contribution in [0.25, 0.3) is 0 Å². The Morgan fingerprint density at radius 1 is 1.15 bits per heavy atom. The number of benzene rings is 2. The Hall–Kier alpha value is -1.94. The average Bonchev–Trinajstić information content (AvgIpc) is 2.43. The molecular formula is C16H16F2O2. The third kappa shape index (κ3) is 3.14. The molecule has 0 aliphatic rings. The average molecular weight is 278 g/mol. The van der Waals surface area contributed by atoms with Gasteiger partial charge in [-0.3, -0.25) is 0 Å². The van der Waals surface area contributed by atoms with Crippen LogP contribution in [0.5, 0.6) is 5.75 Å². The predicted molar refractivity (Wildman–Crippen MR) is 72.8 cm³/mol. The molecule has 2 nitrogen and oxygen atoms in total. The van der Waals surface area contributed by atoms with Gasteiger partial charge in [0, 0.05) is 18.1 Å². The highest BCUT2D eigenvalue weighted by Gasteiger charge is 2.16. The second-order valence-electron chi connectivity index (χ2n) is 4.69. The smallest absolute Gasteiger partial charge is 0.131 e. The number of aliphatic hydroxyl groups is 1. The van der Waals surface area contributed by atoms with Crippen LogP contribution in [0.2, 0.25) is 0 Å². The van der Waals surface area contributed by atoms with Gasteiger partial charge in [-0.25, -0.2) is 8.78 Å². The number of hydrogen-bond donors (Lipinski definition) is 1. The lowest BCUT2D eigenvalue weighted by Gasteiger charge is -2.14. The van der Waals surface area contributed by atoms with Gasteiger partial charge in [-0.2, -0.15) is 0 Å². The topological polar surface area (TPSA) is 29.5 Å². The lowest BCUT2D eigenvalue weighted by molar-refractivity contribution is 0.173. The number of aliphatic hydroxyl groups excluding tert-OH is 1. The molecule has 0 fully saturated rings. The molecule has 0 heterocycles. The number of halogens is 2. The Balaban J connectivity index is 2.23. The van der Waals surface area contributed by atoms with E-state index < -0.39 is 17.7 Å². The van der Waals surface area contributed by atoms with Crippen molar-refractivity contribution >= 4 is 0 Å². The van der Waals surface area contributed by atoms with Crippen LogP contribution in [-0.2, 0) is 6.42 Å². The molecule has 1 N–H and O–H groups in total. The largest absolute Gasteiger partial charge is 0.497 e. The molecule has 0 radical (unpaired) electrons. The second kappa shape index (κ2) is 6.01. The molecule has 2 aromatic carbocycles. The number of rotatable bonds is 4. The number of methoxy groups -OCH3 is 1. The van der Waals surface area contributed by atoms with Crippen molar-refractivity contribution in [3.05, 3.63) is 64.7 Å². The minimum atomic E-state index is -1.03. The van der Waals surface area contributed by atoms with Gasteiger partial charge in [0.2, 0.25) is 0 Å². The number of hydrogen-bond acceptors (Lipinski definition) is 2. The maximum absolute atomic E-state index is 13.7. The van der Waals surface area contributed by atoms with Gasteiger partial charge in [0.1, 0.15) is 17.4 Å². The summed E-state index contributed by atoms with van der Waals surface area (Å²) in [6.45, 7) is 1.54. The molecule has 0 amide bonds. The predicted octanol–water partition coefficient (Wildman–Crippen LogP) is 3.56. The molecule has 1 atom stereocenters. The Morgan fingerprint density at radius 3 is 2.60 bits per heavy atom. The van der Waals surface area contributed by atoms with E-state index in [0.717, 1.165) is 11.6 Å². The van der Waals surface area contributed by atoms with Gasteiger partial charge in [-0.05, 0) is 36.2 Å². The summed E-state index contributed by atoms with van der Waals surface area (Å²) < 4.78 is 32.0. The summed E-state index contributed by atoms with van der Waals surface area (Å²) in [6.07, 6.45) is -0.791. The molecule has 1 unspecified atom stereocenters. The van der Waals surface area contributed by atoms with Crippen molar-refractivity contribution in [1.82, 2.24) is 0 Å². The molecule has 0 aliphatic heterocycles. The zero-order valence-corrected chi connectivity index (χ0v) is 11.4. The third-order valence-corrected chi connectivity index (χ3v) is 3.20. The fourth-order valence-corrected chi connectivity index (χ4v) is 2.07. The minimum absolute atomic E-state index is 0.103. The lowest BCUT2D eigenvalue weighted by atomic mass is 9.99. The van der Waals surface area contributed by atoms with Gasteiger partial charge in [0.25, 0.3) is 0 Å². The van der Waals surface area contributed by atoms with E-state index in [0.29, 0.717) is 11.3 Å². The second-order valence-corrected chi connectivity index (χ2v) is 4.69. The summed E-state index contributed by atoms with van der Waals surface area (Å²) in [5.41, 5.74) is 1.23. The van der Waals surface area contributed by atoms with E-state index >= 15 is 0 Å². The first-order chi connectivity index (χ1) is 9.51. The van der Waals surface area contributed by atoms with E-state index in [9.17, 15) is 13.9 Å². The summed E-state index contributed by atoms with van der Waals surface area (Å²) in [6, 6.07) is 9.33. The van der Waals surface area contributed by atoms with Crippen molar-refractivity contribution in [2.45, 2.75) is 19.4 Å². The van der Waals surface area contributed by atoms with Crippen LogP contribution in [0.4, 0.5) is 8.78 Å². The molecule has 2 rings (SSSR count). The highest BCUT2D eigenvalue weighted by atomic mass is 19.1. The zero-order chi connectivity index (χ0) is 14.7. The molecule has 0 saturated carbocycles. The summed E-state index contributed by atoms with van der Waals surface area (Å²) in [5.74, 6) is -0.672. The SMILES string of the molecule is COc1cccc(CC(O)c2cc(C)c(F)cc2F)c1. The van der Waals surface area contributed by atoms with Crippen LogP contribution in [0, 0.1) is 18.6 Å². The molecular weight excluding hydrogens is 262 g/mol. The maximum atomic E-state index is 13.7. The Morgan fingerprint density at radius 2 is 1.90 bits per heavy atom. The first kappa shape index (κ1) is 14.5. The van der Waals surface area contributed by atoms with Crippen molar-refractivity contribution in [3.63, 3.8) is 0 Å². The zero-order valence-electron chi connectivity index (χ0n) is 11.4. The number of ether oxygens (including phenoxy) is 1. The first-order valence-corrected chi connectivity index (χ1v) is 6.28. The van der Waals surface area contributed by atoms with Gasteiger partial charge >= 0.3 is 0 Å². The highest BCUT2D eigenvalue weighted by molar-refractivity contribution is 5.32. The molecule has 0 spiro atoms.